The van der Waals surface area contributed by atoms with Crippen molar-refractivity contribution in [3.63, 3.8) is 0 Å². The smallest absolute Gasteiger partial charge is 0.306 e. The van der Waals surface area contributed by atoms with E-state index in [-0.39, 0.29) is 26.1 Å². The number of ether oxygens (including phenoxy) is 2. The lowest BCUT2D eigenvalue weighted by molar-refractivity contribution is -0.870. The molecule has 0 saturated heterocycles. The van der Waals surface area contributed by atoms with E-state index < -0.39 is 38.6 Å². The molecule has 3 atom stereocenters. The van der Waals surface area contributed by atoms with Gasteiger partial charge in [0.05, 0.1) is 33.9 Å². The van der Waals surface area contributed by atoms with Gasteiger partial charge in [-0.1, -0.05) is 127 Å². The number of aliphatic hydroxyl groups is 1. The number of rotatable bonds is 39. The predicted molar refractivity (Wildman–Crippen MR) is 250 cm³/mol. The fourth-order valence-corrected chi connectivity index (χ4v) is 7.28. The average molecular weight is 892 g/mol. The Morgan fingerprint density at radius 1 is 0.710 bits per heavy atom. The number of aliphatic hydroxyl groups excluding tert-OH is 1. The van der Waals surface area contributed by atoms with Gasteiger partial charge in [-0.05, 0) is 82.8 Å². The number of esters is 2. The highest BCUT2D eigenvalue weighted by Gasteiger charge is 2.22. The molecule has 0 aromatic carbocycles. The fourth-order valence-electron chi connectivity index (χ4n) is 6.56. The number of nitrogens with zero attached hydrogens (tertiary/aromatic N) is 1. The summed E-state index contributed by atoms with van der Waals surface area (Å²) in [7, 11) is 1.07. The maximum absolute atomic E-state index is 12.7. The summed E-state index contributed by atoms with van der Waals surface area (Å²) in [6.07, 6.45) is 35.7. The highest BCUT2D eigenvalue weighted by atomic mass is 31.2. The molecule has 1 heterocycles. The predicted octanol–water partition coefficient (Wildman–Crippen LogP) is 11.5. The Balaban J connectivity index is 2.40. The van der Waals surface area contributed by atoms with Gasteiger partial charge in [-0.15, -0.1) is 0 Å². The number of phosphoric ester groups is 1. The average Bonchev–Trinajstić information content (AvgIpc) is 3.48. The first-order valence-electron chi connectivity index (χ1n) is 23.8. The first-order valence-corrected chi connectivity index (χ1v) is 25.3. The quantitative estimate of drug-likeness (QED) is 0.0169. The first kappa shape index (κ1) is 57.2. The maximum atomic E-state index is 12.7. The minimum absolute atomic E-state index is 0.0603. The van der Waals surface area contributed by atoms with Crippen molar-refractivity contribution in [3.05, 3.63) is 71.3 Å². The fraction of sp³-hybridized carbons (Fsp3) is 0.720. The third kappa shape index (κ3) is 32.0. The number of carbonyl (C=O) groups is 2. The Kier molecular flexibility index (Phi) is 32.8. The van der Waals surface area contributed by atoms with Crippen molar-refractivity contribution in [2.45, 2.75) is 188 Å². The van der Waals surface area contributed by atoms with Crippen LogP contribution in [0.1, 0.15) is 171 Å². The van der Waals surface area contributed by atoms with Gasteiger partial charge in [-0.2, -0.15) is 0 Å². The summed E-state index contributed by atoms with van der Waals surface area (Å²) in [6, 6.07) is 0. The van der Waals surface area contributed by atoms with E-state index in [0.29, 0.717) is 43.1 Å². The van der Waals surface area contributed by atoms with Crippen molar-refractivity contribution in [1.29, 1.82) is 0 Å². The summed E-state index contributed by atoms with van der Waals surface area (Å²) >= 11 is 0. The van der Waals surface area contributed by atoms with E-state index in [1.165, 1.54) is 68.3 Å². The van der Waals surface area contributed by atoms with Crippen LogP contribution < -0.4 is 4.89 Å². The highest BCUT2D eigenvalue weighted by Crippen LogP contribution is 2.38. The number of allylic oxidation sites excluding steroid dienone is 6. The molecule has 1 rings (SSSR count). The molecule has 1 aromatic heterocycles. The van der Waals surface area contributed by atoms with Crippen LogP contribution in [0.5, 0.6) is 0 Å². The van der Waals surface area contributed by atoms with E-state index in [9.17, 15) is 24.2 Å². The van der Waals surface area contributed by atoms with Crippen molar-refractivity contribution in [1.82, 2.24) is 0 Å². The molecule has 11 nitrogen and oxygen atoms in total. The van der Waals surface area contributed by atoms with Crippen molar-refractivity contribution < 1.29 is 51.6 Å². The van der Waals surface area contributed by atoms with E-state index in [4.69, 9.17) is 22.9 Å². The zero-order chi connectivity index (χ0) is 45.9. The van der Waals surface area contributed by atoms with Gasteiger partial charge in [0, 0.05) is 25.7 Å². The number of carbonyl (C=O) groups excluding carboxylic acids is 2. The number of likely N-dealkylation sites (N-methyl/N-ethyl adjacent to an activating group) is 1. The van der Waals surface area contributed by atoms with E-state index in [1.54, 1.807) is 6.08 Å². The summed E-state index contributed by atoms with van der Waals surface area (Å²) in [5.41, 5.74) is 2.64. The van der Waals surface area contributed by atoms with Crippen molar-refractivity contribution in [2.24, 2.45) is 0 Å². The normalized spacial score (nSPS) is 14.4. The monoisotopic (exact) mass is 892 g/mol. The van der Waals surface area contributed by atoms with Crippen LogP contribution in [0.4, 0.5) is 0 Å². The van der Waals surface area contributed by atoms with Gasteiger partial charge in [0.15, 0.2) is 6.10 Å². The van der Waals surface area contributed by atoms with Gasteiger partial charge in [0.1, 0.15) is 31.3 Å². The highest BCUT2D eigenvalue weighted by molar-refractivity contribution is 7.45. The Labute approximate surface area is 376 Å². The van der Waals surface area contributed by atoms with Gasteiger partial charge in [0.25, 0.3) is 7.82 Å². The maximum Gasteiger partial charge on any atom is 0.306 e. The zero-order valence-electron chi connectivity index (χ0n) is 39.9. The molecule has 0 aliphatic rings. The molecule has 1 aromatic rings. The minimum atomic E-state index is -4.67. The van der Waals surface area contributed by atoms with Crippen LogP contribution in [0.25, 0.3) is 0 Å². The molecule has 0 amide bonds. The van der Waals surface area contributed by atoms with Crippen LogP contribution >= 0.6 is 7.82 Å². The molecular formula is C50H86NO10P. The van der Waals surface area contributed by atoms with E-state index in [2.05, 4.69) is 33.8 Å². The molecular weight excluding hydrogens is 806 g/mol. The lowest BCUT2D eigenvalue weighted by atomic mass is 10.0. The molecule has 356 valence electrons. The molecule has 0 saturated carbocycles. The van der Waals surface area contributed by atoms with Crippen LogP contribution in [-0.4, -0.2) is 81.2 Å². The Hall–Kier alpha value is -2.79. The van der Waals surface area contributed by atoms with Crippen molar-refractivity contribution in [2.75, 3.05) is 47.5 Å². The standard InChI is InChI=1S/C50H86NO10P/c1-8-10-12-13-22-28-33-45(52)34-29-23-18-14-16-21-26-32-38-50(54)60-46(42-59-62(55,56)58-40-39-51(5,6)7)41-57-49(53)37-31-25-20-17-15-19-24-30-36-48-44(4)43(3)47(61-48)35-27-11-9-2/h16,18,21-23,28-29,34,45-46,52H,8-15,17,19-20,24-27,30-33,35-42H2,1-7H3/b21-16-,23-18-,28-22-,34-29+/t45-,46+/m0/s1. The van der Waals surface area contributed by atoms with Gasteiger partial charge in [-0.25, -0.2) is 0 Å². The van der Waals surface area contributed by atoms with Gasteiger partial charge in [0.2, 0.25) is 0 Å². The lowest BCUT2D eigenvalue weighted by Gasteiger charge is -2.28. The van der Waals surface area contributed by atoms with E-state index in [0.717, 1.165) is 57.1 Å². The van der Waals surface area contributed by atoms with E-state index >= 15 is 0 Å². The summed E-state index contributed by atoms with van der Waals surface area (Å²) in [4.78, 5) is 37.7. The second-order valence-electron chi connectivity index (χ2n) is 17.6. The van der Waals surface area contributed by atoms with Crippen LogP contribution in [0.2, 0.25) is 0 Å². The zero-order valence-corrected chi connectivity index (χ0v) is 40.8. The third-order valence-corrected chi connectivity index (χ3v) is 11.6. The number of hydrogen-bond acceptors (Lipinski definition) is 10. The number of aryl methyl sites for hydroxylation is 2. The largest absolute Gasteiger partial charge is 0.756 e. The lowest BCUT2D eigenvalue weighted by Crippen LogP contribution is -2.37. The number of furan rings is 1. The van der Waals surface area contributed by atoms with Gasteiger partial charge >= 0.3 is 11.9 Å². The summed E-state index contributed by atoms with van der Waals surface area (Å²) < 4.78 is 40.1. The molecule has 1 N–H and O–H groups in total. The number of hydrogen-bond donors (Lipinski definition) is 1. The molecule has 12 heteroatoms. The third-order valence-electron chi connectivity index (χ3n) is 10.6. The SMILES string of the molecule is CCCCC/C=C\C[C@H](O)/C=C/C=C\C/C=C\CCCC(=O)O[C@H](COC(=O)CCCCCCCCCCc1oc(CCCCC)c(C)c1C)COP(=O)([O-])OCC[N+](C)(C)C. The van der Waals surface area contributed by atoms with Crippen LogP contribution in [0.15, 0.2) is 53.0 Å². The molecule has 1 unspecified atom stereocenters. The van der Waals surface area contributed by atoms with Crippen LogP contribution in [-0.2, 0) is 45.5 Å². The molecule has 0 radical (unpaired) electrons. The summed E-state index contributed by atoms with van der Waals surface area (Å²) in [6.45, 7) is 8.33. The van der Waals surface area contributed by atoms with Crippen LogP contribution in [0, 0.1) is 13.8 Å². The summed E-state index contributed by atoms with van der Waals surface area (Å²) in [5.74, 6) is 1.36. The second kappa shape index (κ2) is 35.5. The Morgan fingerprint density at radius 2 is 1.29 bits per heavy atom. The first-order chi connectivity index (χ1) is 29.7. The van der Waals surface area contributed by atoms with Gasteiger partial charge in [-0.3, -0.25) is 14.2 Å². The molecule has 0 bridgehead atoms. The number of phosphoric acid groups is 1. The molecule has 0 aliphatic heterocycles. The number of quaternary nitrogens is 1. The minimum Gasteiger partial charge on any atom is -0.756 e. The molecule has 62 heavy (non-hydrogen) atoms. The molecule has 0 spiro atoms. The van der Waals surface area contributed by atoms with Crippen molar-refractivity contribution >= 4 is 19.8 Å². The van der Waals surface area contributed by atoms with Gasteiger partial charge < -0.3 is 37.4 Å². The van der Waals surface area contributed by atoms with E-state index in [1.807, 2.05) is 57.6 Å². The summed E-state index contributed by atoms with van der Waals surface area (Å²) in [5, 5.41) is 10.1. The second-order valence-corrected chi connectivity index (χ2v) is 19.0. The molecule has 0 aliphatic carbocycles. The topological polar surface area (TPSA) is 145 Å². The van der Waals surface area contributed by atoms with Crippen LogP contribution in [0.3, 0.4) is 0 Å². The Bertz CT molecular complexity index is 1490. The molecule has 0 fully saturated rings. The van der Waals surface area contributed by atoms with Crippen molar-refractivity contribution in [3.8, 4) is 0 Å². The number of unbranched alkanes of at least 4 members (excludes halogenated alkanes) is 13. The Morgan fingerprint density at radius 3 is 1.95 bits per heavy atom.